The number of esters is 2. The molecule has 0 atom stereocenters. The summed E-state index contributed by atoms with van der Waals surface area (Å²) in [4.78, 5) is 35.5. The number of rotatable bonds is 12. The molecule has 1 aromatic rings. The average molecular weight is 366 g/mol. The topological polar surface area (TPSA) is 106 Å². The van der Waals surface area contributed by atoms with E-state index in [1.165, 1.54) is 12.1 Å². The van der Waals surface area contributed by atoms with Crippen LogP contribution in [0.25, 0.3) is 0 Å². The molecular weight excluding hydrogens is 340 g/mol. The van der Waals surface area contributed by atoms with Crippen molar-refractivity contribution in [2.24, 2.45) is 5.18 Å². The molecule has 0 amide bonds. The van der Waals surface area contributed by atoms with E-state index in [-0.39, 0.29) is 36.2 Å². The Labute approximate surface area is 153 Å². The summed E-state index contributed by atoms with van der Waals surface area (Å²) in [7, 11) is 0. The lowest BCUT2D eigenvalue weighted by Crippen LogP contribution is -2.27. The monoisotopic (exact) mass is 366 g/mol. The van der Waals surface area contributed by atoms with E-state index >= 15 is 0 Å². The molecule has 0 radical (unpaired) electrons. The van der Waals surface area contributed by atoms with Crippen molar-refractivity contribution < 1.29 is 24.2 Å². The van der Waals surface area contributed by atoms with Crippen LogP contribution in [0.15, 0.2) is 23.4 Å². The Morgan fingerprint density at radius 3 is 2.00 bits per heavy atom. The molecule has 144 valence electrons. The van der Waals surface area contributed by atoms with Crippen molar-refractivity contribution in [1.82, 2.24) is 0 Å². The van der Waals surface area contributed by atoms with Crippen LogP contribution in [0.4, 0.5) is 11.4 Å². The molecule has 1 aromatic carbocycles. The third kappa shape index (κ3) is 7.50. The van der Waals surface area contributed by atoms with Gasteiger partial charge in [-0.25, -0.2) is 0 Å². The van der Waals surface area contributed by atoms with E-state index in [4.69, 9.17) is 9.47 Å². The van der Waals surface area contributed by atoms with Crippen molar-refractivity contribution in [3.8, 4) is 5.75 Å². The lowest BCUT2D eigenvalue weighted by Gasteiger charge is -2.25. The van der Waals surface area contributed by atoms with Crippen molar-refractivity contribution in [2.75, 3.05) is 31.2 Å². The Morgan fingerprint density at radius 2 is 1.58 bits per heavy atom. The van der Waals surface area contributed by atoms with Crippen molar-refractivity contribution in [3.05, 3.63) is 23.1 Å². The number of phenolic OH excluding ortho intramolecular Hbond substituents is 1. The number of hydrogen-bond acceptors (Lipinski definition) is 8. The van der Waals surface area contributed by atoms with Crippen LogP contribution in [0, 0.1) is 4.91 Å². The first kappa shape index (κ1) is 21.4. The van der Waals surface area contributed by atoms with Gasteiger partial charge in [0.15, 0.2) is 0 Å². The maximum absolute atomic E-state index is 11.5. The third-order valence-corrected chi connectivity index (χ3v) is 3.65. The average Bonchev–Trinajstić information content (AvgIpc) is 2.61. The Balaban J connectivity index is 2.70. The molecule has 0 saturated heterocycles. The summed E-state index contributed by atoms with van der Waals surface area (Å²) in [6.07, 6.45) is 1.68. The van der Waals surface area contributed by atoms with Gasteiger partial charge in [-0.05, 0) is 44.0 Å². The number of carbonyl (C=O) groups excluding carboxylic acids is 2. The van der Waals surface area contributed by atoms with Crippen molar-refractivity contribution >= 4 is 23.3 Å². The first-order valence-electron chi connectivity index (χ1n) is 8.74. The van der Waals surface area contributed by atoms with Crippen LogP contribution in [0.3, 0.4) is 0 Å². The second-order valence-electron chi connectivity index (χ2n) is 5.57. The Bertz CT molecular complexity index is 581. The number of ether oxygens (including phenoxy) is 2. The summed E-state index contributed by atoms with van der Waals surface area (Å²) in [6, 6.07) is 4.55. The van der Waals surface area contributed by atoms with Crippen LogP contribution in [-0.4, -0.2) is 43.3 Å². The first-order chi connectivity index (χ1) is 12.5. The highest BCUT2D eigenvalue weighted by molar-refractivity contribution is 5.70. The van der Waals surface area contributed by atoms with Gasteiger partial charge >= 0.3 is 11.9 Å². The zero-order chi connectivity index (χ0) is 19.4. The molecule has 0 aliphatic rings. The molecule has 0 aliphatic carbocycles. The van der Waals surface area contributed by atoms with Crippen LogP contribution in [0.2, 0.25) is 0 Å². The quantitative estimate of drug-likeness (QED) is 0.447. The molecule has 1 N–H and O–H groups in total. The van der Waals surface area contributed by atoms with Crippen LogP contribution < -0.4 is 4.90 Å². The summed E-state index contributed by atoms with van der Waals surface area (Å²) in [5.74, 6) is -0.733. The molecule has 26 heavy (non-hydrogen) atoms. The molecule has 8 nitrogen and oxygen atoms in total. The molecule has 0 saturated carbocycles. The van der Waals surface area contributed by atoms with Gasteiger partial charge in [-0.3, -0.25) is 9.59 Å². The van der Waals surface area contributed by atoms with E-state index in [1.54, 1.807) is 19.9 Å². The Hall–Kier alpha value is -2.64. The lowest BCUT2D eigenvalue weighted by molar-refractivity contribution is -0.144. The van der Waals surface area contributed by atoms with Gasteiger partial charge in [0.2, 0.25) is 0 Å². The Morgan fingerprint density at radius 1 is 1.04 bits per heavy atom. The van der Waals surface area contributed by atoms with Crippen molar-refractivity contribution in [2.45, 2.75) is 39.5 Å². The highest BCUT2D eigenvalue weighted by Gasteiger charge is 2.12. The molecule has 0 heterocycles. The van der Waals surface area contributed by atoms with Gasteiger partial charge in [0.25, 0.3) is 0 Å². The second kappa shape index (κ2) is 11.8. The second-order valence-corrected chi connectivity index (χ2v) is 5.57. The zero-order valence-electron chi connectivity index (χ0n) is 15.3. The fourth-order valence-electron chi connectivity index (χ4n) is 2.45. The smallest absolute Gasteiger partial charge is 0.305 e. The van der Waals surface area contributed by atoms with Crippen molar-refractivity contribution in [3.63, 3.8) is 0 Å². The Kier molecular flexibility index (Phi) is 9.74. The number of anilines is 1. The van der Waals surface area contributed by atoms with Gasteiger partial charge in [0, 0.05) is 37.7 Å². The molecule has 8 heteroatoms. The van der Waals surface area contributed by atoms with Crippen LogP contribution in [-0.2, 0) is 19.1 Å². The molecule has 1 rings (SSSR count). The largest absolute Gasteiger partial charge is 0.505 e. The zero-order valence-corrected chi connectivity index (χ0v) is 15.3. The van der Waals surface area contributed by atoms with E-state index in [0.29, 0.717) is 44.8 Å². The van der Waals surface area contributed by atoms with E-state index in [2.05, 4.69) is 5.18 Å². The molecule has 0 bridgehead atoms. The highest BCUT2D eigenvalue weighted by Crippen LogP contribution is 2.31. The van der Waals surface area contributed by atoms with Crippen LogP contribution in [0.5, 0.6) is 5.75 Å². The number of benzene rings is 1. The maximum Gasteiger partial charge on any atom is 0.305 e. The minimum atomic E-state index is -0.262. The third-order valence-electron chi connectivity index (χ3n) is 3.65. The van der Waals surface area contributed by atoms with Gasteiger partial charge in [-0.1, -0.05) is 0 Å². The van der Waals surface area contributed by atoms with Gasteiger partial charge < -0.3 is 19.5 Å². The summed E-state index contributed by atoms with van der Waals surface area (Å²) in [5.41, 5.74) is 0.648. The SMILES string of the molecule is CCOC(=O)CCCN(CCCC(=O)OCC)c1ccc(N=O)c(O)c1. The van der Waals surface area contributed by atoms with Gasteiger partial charge in [-0.2, -0.15) is 0 Å². The van der Waals surface area contributed by atoms with E-state index in [9.17, 15) is 19.6 Å². The number of aromatic hydroxyl groups is 1. The van der Waals surface area contributed by atoms with Gasteiger partial charge in [-0.15, -0.1) is 4.91 Å². The van der Waals surface area contributed by atoms with Gasteiger partial charge in [0.05, 0.1) is 13.2 Å². The molecule has 0 unspecified atom stereocenters. The number of hydrogen-bond donors (Lipinski definition) is 1. The molecular formula is C18H26N2O6. The van der Waals surface area contributed by atoms with Crippen LogP contribution >= 0.6 is 0 Å². The fourth-order valence-corrected chi connectivity index (χ4v) is 2.45. The normalized spacial score (nSPS) is 10.2. The minimum Gasteiger partial charge on any atom is -0.505 e. The number of nitrogens with zero attached hydrogens (tertiary/aromatic N) is 2. The van der Waals surface area contributed by atoms with E-state index in [0.717, 1.165) is 0 Å². The summed E-state index contributed by atoms with van der Waals surface area (Å²) >= 11 is 0. The lowest BCUT2D eigenvalue weighted by atomic mass is 10.2. The molecule has 0 fully saturated rings. The summed E-state index contributed by atoms with van der Waals surface area (Å²) in [5, 5.41) is 12.6. The van der Waals surface area contributed by atoms with E-state index in [1.807, 2.05) is 4.90 Å². The standard InChI is InChI=1S/C18H26N2O6/c1-3-25-17(22)7-5-11-20(12-6-8-18(23)26-4-2)14-9-10-15(19-24)16(21)13-14/h9-10,13,21H,3-8,11-12H2,1-2H3. The minimum absolute atomic E-state index is 0.0354. The summed E-state index contributed by atoms with van der Waals surface area (Å²) in [6.45, 7) is 5.27. The highest BCUT2D eigenvalue weighted by atomic mass is 16.5. The molecule has 0 aromatic heterocycles. The summed E-state index contributed by atoms with van der Waals surface area (Å²) < 4.78 is 9.83. The molecule has 0 aliphatic heterocycles. The fraction of sp³-hybridized carbons (Fsp3) is 0.556. The predicted molar refractivity (Wildman–Crippen MR) is 97.5 cm³/mol. The number of nitroso groups, excluding NO2 is 1. The van der Waals surface area contributed by atoms with Crippen molar-refractivity contribution in [1.29, 1.82) is 0 Å². The van der Waals surface area contributed by atoms with Crippen LogP contribution in [0.1, 0.15) is 39.5 Å². The first-order valence-corrected chi connectivity index (χ1v) is 8.74. The predicted octanol–water partition coefficient (Wildman–Crippen LogP) is 3.28. The maximum atomic E-state index is 11.5. The van der Waals surface area contributed by atoms with E-state index < -0.39 is 0 Å². The van der Waals surface area contributed by atoms with Gasteiger partial charge in [0.1, 0.15) is 11.4 Å². The molecule has 0 spiro atoms. The number of phenols is 1. The number of carbonyl (C=O) groups is 2.